The maximum Gasteiger partial charge on any atom is 0.270 e. The van der Waals surface area contributed by atoms with Crippen LogP contribution in [0.5, 0.6) is 0 Å². The van der Waals surface area contributed by atoms with Crippen molar-refractivity contribution in [2.75, 3.05) is 0 Å². The Morgan fingerprint density at radius 2 is 1.75 bits per heavy atom. The van der Waals surface area contributed by atoms with Crippen molar-refractivity contribution in [2.45, 2.75) is 12.8 Å². The summed E-state index contributed by atoms with van der Waals surface area (Å²) in [6, 6.07) is 6.42. The number of carbonyl (C=O) groups is 3. The van der Waals surface area contributed by atoms with Gasteiger partial charge in [-0.25, -0.2) is 0 Å². The fourth-order valence-electron chi connectivity index (χ4n) is 4.98. The van der Waals surface area contributed by atoms with Crippen molar-refractivity contribution in [3.63, 3.8) is 0 Å². The van der Waals surface area contributed by atoms with E-state index in [4.69, 9.17) is 11.6 Å². The monoisotopic (exact) mass is 342 g/mol. The molecule has 1 N–H and O–H groups in total. The van der Waals surface area contributed by atoms with Gasteiger partial charge >= 0.3 is 0 Å². The summed E-state index contributed by atoms with van der Waals surface area (Å²) in [5.41, 5.74) is 2.95. The molecule has 122 valence electrons. The van der Waals surface area contributed by atoms with Crippen LogP contribution in [0.1, 0.15) is 23.2 Å². The zero-order chi connectivity index (χ0) is 16.6. The molecule has 1 saturated heterocycles. The van der Waals surface area contributed by atoms with Gasteiger partial charge in [-0.3, -0.25) is 19.8 Å². The lowest BCUT2D eigenvalue weighted by molar-refractivity contribution is -0.144. The number of rotatable bonds is 2. The van der Waals surface area contributed by atoms with Crippen molar-refractivity contribution in [1.82, 2.24) is 10.4 Å². The average molecular weight is 343 g/mol. The Hall–Kier alpha value is -2.14. The van der Waals surface area contributed by atoms with Crippen molar-refractivity contribution in [1.29, 1.82) is 0 Å². The maximum absolute atomic E-state index is 12.8. The molecule has 0 aromatic heterocycles. The van der Waals surface area contributed by atoms with Gasteiger partial charge in [0.1, 0.15) is 0 Å². The van der Waals surface area contributed by atoms with Crippen molar-refractivity contribution < 1.29 is 14.4 Å². The molecule has 5 rings (SSSR count). The molecule has 6 heteroatoms. The normalized spacial score (nSPS) is 34.1. The van der Waals surface area contributed by atoms with Crippen LogP contribution >= 0.6 is 11.6 Å². The van der Waals surface area contributed by atoms with Crippen LogP contribution in [0.3, 0.4) is 0 Å². The summed E-state index contributed by atoms with van der Waals surface area (Å²) in [6.07, 6.45) is 6.40. The lowest BCUT2D eigenvalue weighted by Gasteiger charge is -2.22. The Morgan fingerprint density at radius 1 is 1.12 bits per heavy atom. The van der Waals surface area contributed by atoms with Crippen LogP contribution in [0, 0.1) is 29.1 Å². The van der Waals surface area contributed by atoms with Crippen LogP contribution in [0.4, 0.5) is 0 Å². The van der Waals surface area contributed by atoms with Gasteiger partial charge in [-0.15, -0.1) is 0 Å². The van der Waals surface area contributed by atoms with E-state index in [1.54, 1.807) is 18.2 Å². The molecule has 0 radical (unpaired) electrons. The second kappa shape index (κ2) is 4.48. The SMILES string of the molecule is O=C(NN1C(=O)[C@@H]2[C@H](C1=O)[C@H]1C=C[C@H]2C12CC2)c1cccc(Cl)c1. The van der Waals surface area contributed by atoms with Crippen molar-refractivity contribution in [2.24, 2.45) is 29.1 Å². The molecule has 24 heavy (non-hydrogen) atoms. The number of hydrogen-bond acceptors (Lipinski definition) is 3. The molecule has 1 aliphatic heterocycles. The van der Waals surface area contributed by atoms with Gasteiger partial charge in [0.25, 0.3) is 17.7 Å². The Kier molecular flexibility index (Phi) is 2.65. The lowest BCUT2D eigenvalue weighted by atomic mass is 9.85. The number of hydrogen-bond donors (Lipinski definition) is 1. The minimum atomic E-state index is -0.499. The van der Waals surface area contributed by atoms with Crippen molar-refractivity contribution in [3.8, 4) is 0 Å². The predicted molar refractivity (Wildman–Crippen MR) is 85.5 cm³/mol. The van der Waals surface area contributed by atoms with Gasteiger partial charge in [0.2, 0.25) is 0 Å². The first kappa shape index (κ1) is 14.2. The van der Waals surface area contributed by atoms with E-state index in [1.807, 2.05) is 0 Å². The number of nitrogens with zero attached hydrogens (tertiary/aromatic N) is 1. The minimum absolute atomic E-state index is 0.150. The van der Waals surface area contributed by atoms with E-state index < -0.39 is 5.91 Å². The van der Waals surface area contributed by atoms with E-state index in [2.05, 4.69) is 17.6 Å². The van der Waals surface area contributed by atoms with Crippen LogP contribution in [0.25, 0.3) is 0 Å². The Bertz CT molecular complexity index is 795. The van der Waals surface area contributed by atoms with Gasteiger partial charge < -0.3 is 0 Å². The zero-order valence-electron chi connectivity index (χ0n) is 12.7. The second-order valence-electron chi connectivity index (χ2n) is 7.18. The summed E-state index contributed by atoms with van der Waals surface area (Å²) in [5, 5.41) is 1.36. The number of hydrazine groups is 1. The van der Waals surface area contributed by atoms with Crippen LogP contribution in [-0.2, 0) is 9.59 Å². The number of nitrogens with one attached hydrogen (secondary N) is 1. The van der Waals surface area contributed by atoms with Crippen LogP contribution < -0.4 is 5.43 Å². The van der Waals surface area contributed by atoms with E-state index in [9.17, 15) is 14.4 Å². The molecule has 2 bridgehead atoms. The molecule has 2 saturated carbocycles. The minimum Gasteiger partial charge on any atom is -0.272 e. The first-order valence-electron chi connectivity index (χ1n) is 8.16. The third-order valence-corrected chi connectivity index (χ3v) is 6.39. The van der Waals surface area contributed by atoms with Crippen molar-refractivity contribution >= 4 is 29.3 Å². The molecule has 3 amide bonds. The Morgan fingerprint density at radius 3 is 2.29 bits per heavy atom. The number of amides is 3. The maximum atomic E-state index is 12.8. The van der Waals surface area contributed by atoms with E-state index >= 15 is 0 Å². The molecule has 1 aromatic carbocycles. The van der Waals surface area contributed by atoms with E-state index in [1.165, 1.54) is 6.07 Å². The predicted octanol–water partition coefficient (Wildman–Crippen LogP) is 2.18. The summed E-state index contributed by atoms with van der Waals surface area (Å²) >= 11 is 5.89. The molecule has 0 unspecified atom stereocenters. The summed E-state index contributed by atoms with van der Waals surface area (Å²) in [7, 11) is 0. The number of imide groups is 1. The highest BCUT2D eigenvalue weighted by Crippen LogP contribution is 2.73. The van der Waals surface area contributed by atoms with E-state index in [0.29, 0.717) is 10.6 Å². The smallest absolute Gasteiger partial charge is 0.270 e. The number of benzene rings is 1. The molecule has 5 nitrogen and oxygen atoms in total. The number of carbonyl (C=O) groups excluding carboxylic acids is 3. The average Bonchev–Trinajstić information content (AvgIpc) is 3.17. The first-order valence-corrected chi connectivity index (χ1v) is 8.53. The lowest BCUT2D eigenvalue weighted by Crippen LogP contribution is -2.47. The highest BCUT2D eigenvalue weighted by Gasteiger charge is 2.73. The van der Waals surface area contributed by atoms with Gasteiger partial charge in [0.05, 0.1) is 11.8 Å². The van der Waals surface area contributed by atoms with E-state index in [0.717, 1.165) is 17.9 Å². The second-order valence-corrected chi connectivity index (χ2v) is 7.62. The highest BCUT2D eigenvalue weighted by molar-refractivity contribution is 6.31. The third kappa shape index (κ3) is 1.63. The molecule has 3 fully saturated rings. The molecule has 1 heterocycles. The summed E-state index contributed by atoms with van der Waals surface area (Å²) in [4.78, 5) is 37.9. The third-order valence-electron chi connectivity index (χ3n) is 6.15. The number of fused-ring (bicyclic) bond motifs is 3. The molecule has 3 aliphatic carbocycles. The summed E-state index contributed by atoms with van der Waals surface area (Å²) in [5.74, 6) is -1.37. The molecule has 1 aromatic rings. The molecular weight excluding hydrogens is 328 g/mol. The van der Waals surface area contributed by atoms with Gasteiger partial charge in [0.15, 0.2) is 0 Å². The first-order chi connectivity index (χ1) is 11.5. The van der Waals surface area contributed by atoms with Gasteiger partial charge in [-0.1, -0.05) is 29.8 Å². The van der Waals surface area contributed by atoms with Crippen LogP contribution in [0.15, 0.2) is 36.4 Å². The number of halogens is 1. The van der Waals surface area contributed by atoms with Crippen LogP contribution in [0.2, 0.25) is 5.02 Å². The standard InChI is InChI=1S/C18H15ClN2O3/c19-10-3-1-2-9(8-10)15(22)20-21-16(23)13-11-4-5-12(14(13)17(21)24)18(11)6-7-18/h1-5,8,11-14H,6-7H2,(H,20,22)/t11-,12-,13-,14+/m1/s1. The van der Waals surface area contributed by atoms with Gasteiger partial charge in [-0.2, -0.15) is 5.01 Å². The van der Waals surface area contributed by atoms with Gasteiger partial charge in [-0.05, 0) is 48.3 Å². The topological polar surface area (TPSA) is 66.5 Å². The Balaban J connectivity index is 1.41. The molecular formula is C18H15ClN2O3. The fraction of sp³-hybridized carbons (Fsp3) is 0.389. The molecule has 4 aliphatic rings. The Labute approximate surface area is 143 Å². The summed E-state index contributed by atoms with van der Waals surface area (Å²) in [6.45, 7) is 0. The van der Waals surface area contributed by atoms with Crippen molar-refractivity contribution in [3.05, 3.63) is 47.0 Å². The fourth-order valence-corrected chi connectivity index (χ4v) is 5.17. The highest BCUT2D eigenvalue weighted by atomic mass is 35.5. The molecule has 4 atom stereocenters. The van der Waals surface area contributed by atoms with Crippen LogP contribution in [-0.4, -0.2) is 22.7 Å². The zero-order valence-corrected chi connectivity index (χ0v) is 13.5. The quantitative estimate of drug-likeness (QED) is 0.661. The van der Waals surface area contributed by atoms with E-state index in [-0.39, 0.29) is 40.9 Å². The molecule has 1 spiro atoms. The number of allylic oxidation sites excluding steroid dienone is 2. The van der Waals surface area contributed by atoms with Gasteiger partial charge in [0, 0.05) is 10.6 Å². The largest absolute Gasteiger partial charge is 0.272 e. The summed E-state index contributed by atoms with van der Waals surface area (Å²) < 4.78 is 0.